The van der Waals surface area contributed by atoms with E-state index in [-0.39, 0.29) is 0 Å². The fraction of sp³-hybridized carbons (Fsp3) is 0. The molecular formula is C17H12N4O2. The number of para-hydroxylation sites is 2. The summed E-state index contributed by atoms with van der Waals surface area (Å²) in [5.74, 6) is 0. The summed E-state index contributed by atoms with van der Waals surface area (Å²) in [4.78, 5) is 17.6. The van der Waals surface area contributed by atoms with Gasteiger partial charge in [-0.2, -0.15) is 0 Å². The summed E-state index contributed by atoms with van der Waals surface area (Å²) in [6, 6.07) is 13.9. The molecule has 0 aliphatic rings. The van der Waals surface area contributed by atoms with Gasteiger partial charge in [-0.25, -0.2) is 4.98 Å². The van der Waals surface area contributed by atoms with Crippen molar-refractivity contribution in [1.82, 2.24) is 14.5 Å². The van der Waals surface area contributed by atoms with Crippen molar-refractivity contribution in [2.24, 2.45) is 0 Å². The van der Waals surface area contributed by atoms with Crippen LogP contribution in [0.3, 0.4) is 0 Å². The summed E-state index contributed by atoms with van der Waals surface area (Å²) >= 11 is 0. The number of aromatic amines is 1. The molecule has 23 heavy (non-hydrogen) atoms. The molecule has 0 aliphatic carbocycles. The lowest BCUT2D eigenvalue weighted by molar-refractivity contribution is -0.400. The first-order valence-corrected chi connectivity index (χ1v) is 7.08. The lowest BCUT2D eigenvalue weighted by Crippen LogP contribution is -1.91. The van der Waals surface area contributed by atoms with Gasteiger partial charge in [0.15, 0.2) is 0 Å². The van der Waals surface area contributed by atoms with E-state index in [1.807, 2.05) is 47.0 Å². The standard InChI is InChI=1S/C17H12N4O2/c22-21(23)8-7-12-10-18-15-6-5-13(9-14(12)15)20-11-19-16-3-1-2-4-17(16)20/h1-11,18H. The number of nitrogens with zero attached hydrogens (tertiary/aromatic N) is 3. The molecule has 6 heteroatoms. The molecule has 2 aromatic heterocycles. The van der Waals surface area contributed by atoms with E-state index in [0.717, 1.165) is 39.4 Å². The minimum atomic E-state index is -0.466. The maximum Gasteiger partial charge on any atom is 0.235 e. The number of imidazole rings is 1. The van der Waals surface area contributed by atoms with Gasteiger partial charge in [-0.05, 0) is 30.3 Å². The molecule has 112 valence electrons. The third kappa shape index (κ3) is 2.26. The smallest absolute Gasteiger partial charge is 0.235 e. The first kappa shape index (κ1) is 13.3. The van der Waals surface area contributed by atoms with Crippen LogP contribution in [0.25, 0.3) is 33.7 Å². The summed E-state index contributed by atoms with van der Waals surface area (Å²) in [5.41, 5.74) is 4.62. The Morgan fingerprint density at radius 2 is 2.09 bits per heavy atom. The summed E-state index contributed by atoms with van der Waals surface area (Å²) in [6.07, 6.45) is 5.99. The maximum absolute atomic E-state index is 10.5. The van der Waals surface area contributed by atoms with Crippen LogP contribution in [0.4, 0.5) is 0 Å². The highest BCUT2D eigenvalue weighted by molar-refractivity contribution is 5.91. The van der Waals surface area contributed by atoms with Crippen molar-refractivity contribution in [1.29, 1.82) is 0 Å². The van der Waals surface area contributed by atoms with Gasteiger partial charge in [0.25, 0.3) is 0 Å². The van der Waals surface area contributed by atoms with Gasteiger partial charge in [-0.1, -0.05) is 12.1 Å². The number of nitrogens with one attached hydrogen (secondary N) is 1. The fourth-order valence-corrected chi connectivity index (χ4v) is 2.72. The molecule has 0 fully saturated rings. The molecule has 0 bridgehead atoms. The van der Waals surface area contributed by atoms with Gasteiger partial charge >= 0.3 is 0 Å². The number of hydrogen-bond donors (Lipinski definition) is 1. The number of rotatable bonds is 3. The lowest BCUT2D eigenvalue weighted by atomic mass is 10.1. The number of nitro groups is 1. The number of aromatic nitrogens is 3. The third-order valence-electron chi connectivity index (χ3n) is 3.80. The Morgan fingerprint density at radius 1 is 1.22 bits per heavy atom. The molecule has 0 amide bonds. The molecule has 4 rings (SSSR count). The van der Waals surface area contributed by atoms with Gasteiger partial charge in [-0.3, -0.25) is 14.7 Å². The summed E-state index contributed by atoms with van der Waals surface area (Å²) in [7, 11) is 0. The van der Waals surface area contributed by atoms with Crippen molar-refractivity contribution in [2.75, 3.05) is 0 Å². The second-order valence-corrected chi connectivity index (χ2v) is 5.18. The van der Waals surface area contributed by atoms with Gasteiger partial charge in [0.1, 0.15) is 6.33 Å². The molecule has 0 atom stereocenters. The molecule has 0 saturated carbocycles. The topological polar surface area (TPSA) is 76.8 Å². The summed E-state index contributed by atoms with van der Waals surface area (Å²) in [6.45, 7) is 0. The van der Waals surface area contributed by atoms with Crippen LogP contribution < -0.4 is 0 Å². The van der Waals surface area contributed by atoms with Crippen LogP contribution in [0.15, 0.2) is 61.2 Å². The molecule has 0 radical (unpaired) electrons. The summed E-state index contributed by atoms with van der Waals surface area (Å²) in [5, 5.41) is 11.5. The van der Waals surface area contributed by atoms with E-state index < -0.39 is 4.92 Å². The molecular weight excluding hydrogens is 292 g/mol. The van der Waals surface area contributed by atoms with Crippen molar-refractivity contribution in [3.8, 4) is 5.69 Å². The molecule has 0 saturated heterocycles. The van der Waals surface area contributed by atoms with E-state index in [4.69, 9.17) is 0 Å². The monoisotopic (exact) mass is 304 g/mol. The Morgan fingerprint density at radius 3 is 2.96 bits per heavy atom. The average Bonchev–Trinajstić information content (AvgIpc) is 3.16. The third-order valence-corrected chi connectivity index (χ3v) is 3.80. The Kier molecular flexibility index (Phi) is 2.94. The minimum Gasteiger partial charge on any atom is -0.361 e. The first-order valence-electron chi connectivity index (χ1n) is 7.08. The molecule has 0 aliphatic heterocycles. The number of H-pyrrole nitrogens is 1. The van der Waals surface area contributed by atoms with E-state index in [2.05, 4.69) is 9.97 Å². The zero-order valence-electron chi connectivity index (χ0n) is 12.0. The molecule has 4 aromatic rings. The average molecular weight is 304 g/mol. The van der Waals surface area contributed by atoms with E-state index in [1.54, 1.807) is 12.5 Å². The quantitative estimate of drug-likeness (QED) is 0.462. The van der Waals surface area contributed by atoms with Gasteiger partial charge in [0, 0.05) is 34.4 Å². The summed E-state index contributed by atoms with van der Waals surface area (Å²) < 4.78 is 2.00. The fourth-order valence-electron chi connectivity index (χ4n) is 2.72. The molecule has 0 unspecified atom stereocenters. The van der Waals surface area contributed by atoms with Crippen LogP contribution in [-0.2, 0) is 0 Å². The zero-order valence-corrected chi connectivity index (χ0v) is 12.0. The Balaban J connectivity index is 1.88. The second-order valence-electron chi connectivity index (χ2n) is 5.18. The zero-order chi connectivity index (χ0) is 15.8. The predicted octanol–water partition coefficient (Wildman–Crippen LogP) is 3.75. The second kappa shape index (κ2) is 5.10. The Labute approximate surface area is 130 Å². The number of benzene rings is 2. The van der Waals surface area contributed by atoms with Crippen LogP contribution >= 0.6 is 0 Å². The van der Waals surface area contributed by atoms with Crippen LogP contribution in [0.2, 0.25) is 0 Å². The molecule has 1 N–H and O–H groups in total. The van der Waals surface area contributed by atoms with Gasteiger partial charge in [-0.15, -0.1) is 0 Å². The highest BCUT2D eigenvalue weighted by atomic mass is 16.6. The van der Waals surface area contributed by atoms with E-state index in [1.165, 1.54) is 6.08 Å². The van der Waals surface area contributed by atoms with Crippen LogP contribution in [0.1, 0.15) is 5.56 Å². The van der Waals surface area contributed by atoms with E-state index in [9.17, 15) is 10.1 Å². The Hall–Kier alpha value is -3.41. The molecule has 6 nitrogen and oxygen atoms in total. The largest absolute Gasteiger partial charge is 0.361 e. The maximum atomic E-state index is 10.5. The van der Waals surface area contributed by atoms with E-state index >= 15 is 0 Å². The van der Waals surface area contributed by atoms with E-state index in [0.29, 0.717) is 0 Å². The molecule has 2 heterocycles. The highest BCUT2D eigenvalue weighted by Crippen LogP contribution is 2.25. The van der Waals surface area contributed by atoms with Crippen LogP contribution in [-0.4, -0.2) is 19.5 Å². The van der Waals surface area contributed by atoms with Gasteiger partial charge < -0.3 is 4.98 Å². The van der Waals surface area contributed by atoms with Gasteiger partial charge in [0.05, 0.1) is 16.0 Å². The Bertz CT molecular complexity index is 1060. The van der Waals surface area contributed by atoms with Crippen molar-refractivity contribution >= 4 is 28.0 Å². The van der Waals surface area contributed by atoms with Crippen molar-refractivity contribution in [2.45, 2.75) is 0 Å². The molecule has 0 spiro atoms. The van der Waals surface area contributed by atoms with Crippen molar-refractivity contribution in [3.05, 3.63) is 76.9 Å². The van der Waals surface area contributed by atoms with Crippen LogP contribution in [0.5, 0.6) is 0 Å². The van der Waals surface area contributed by atoms with Crippen LogP contribution in [0, 0.1) is 10.1 Å². The normalized spacial score (nSPS) is 11.7. The predicted molar refractivity (Wildman–Crippen MR) is 89.0 cm³/mol. The molecule has 2 aromatic carbocycles. The number of fused-ring (bicyclic) bond motifs is 2. The van der Waals surface area contributed by atoms with Crippen molar-refractivity contribution < 1.29 is 4.92 Å². The minimum absolute atomic E-state index is 0.466. The number of hydrogen-bond acceptors (Lipinski definition) is 3. The van der Waals surface area contributed by atoms with Gasteiger partial charge in [0.2, 0.25) is 6.20 Å². The van der Waals surface area contributed by atoms with Crippen molar-refractivity contribution in [3.63, 3.8) is 0 Å². The SMILES string of the molecule is O=[N+]([O-])C=Cc1c[nH]c2ccc(-n3cnc4ccccc43)cc12. The first-order chi connectivity index (χ1) is 11.2. The highest BCUT2D eigenvalue weighted by Gasteiger charge is 2.07. The lowest BCUT2D eigenvalue weighted by Gasteiger charge is -2.05.